The van der Waals surface area contributed by atoms with Gasteiger partial charge in [-0.05, 0) is 55.3 Å². The molecule has 1 aromatic rings. The molecule has 0 saturated carbocycles. The first kappa shape index (κ1) is 19.3. The summed E-state index contributed by atoms with van der Waals surface area (Å²) in [6.45, 7) is 2.86. The number of nitrogens with one attached hydrogen (secondary N) is 1. The smallest absolute Gasteiger partial charge is 0.200 e. The van der Waals surface area contributed by atoms with E-state index in [0.29, 0.717) is 11.3 Å². The lowest BCUT2D eigenvalue weighted by Crippen LogP contribution is -2.26. The van der Waals surface area contributed by atoms with Crippen LogP contribution in [0.1, 0.15) is 23.7 Å². The standard InChI is InChI=1S/C13H17N3OS.2ClH/c1-3-9-8-16(15-2)18-13(9)12(17)10-4-6-11(14)7-5-10;;/h4-7,15H,3,8,14H2,1-2H3;2*1H. The normalized spacial score (nSPS) is 14.7. The average Bonchev–Trinajstić information content (AvgIpc) is 2.82. The van der Waals surface area contributed by atoms with Gasteiger partial charge in [-0.2, -0.15) is 4.41 Å². The first-order valence-electron chi connectivity index (χ1n) is 5.90. The lowest BCUT2D eigenvalue weighted by atomic mass is 10.1. The first-order chi connectivity index (χ1) is 8.65. The van der Waals surface area contributed by atoms with E-state index in [1.54, 1.807) is 24.3 Å². The number of allylic oxidation sites excluding steroid dienone is 1. The molecule has 0 saturated heterocycles. The van der Waals surface area contributed by atoms with Crippen molar-refractivity contribution in [3.05, 3.63) is 40.3 Å². The highest BCUT2D eigenvalue weighted by atomic mass is 35.5. The molecule has 0 spiro atoms. The van der Waals surface area contributed by atoms with Gasteiger partial charge in [-0.3, -0.25) is 4.79 Å². The molecular weight excluding hydrogens is 317 g/mol. The maximum atomic E-state index is 12.4. The van der Waals surface area contributed by atoms with Crippen molar-refractivity contribution in [1.29, 1.82) is 0 Å². The van der Waals surface area contributed by atoms with E-state index in [9.17, 15) is 4.79 Å². The van der Waals surface area contributed by atoms with Gasteiger partial charge < -0.3 is 5.73 Å². The number of Topliss-reactive ketones (excluding diaryl/α,β-unsaturated/α-hetero) is 1. The van der Waals surface area contributed by atoms with E-state index in [1.807, 2.05) is 11.5 Å². The summed E-state index contributed by atoms with van der Waals surface area (Å²) in [5.74, 6) is 0.0783. The molecule has 2 rings (SSSR count). The molecule has 1 heterocycles. The Bertz CT molecular complexity index is 491. The monoisotopic (exact) mass is 335 g/mol. The lowest BCUT2D eigenvalue weighted by molar-refractivity contribution is 0.104. The van der Waals surface area contributed by atoms with Crippen LogP contribution in [0.3, 0.4) is 0 Å². The van der Waals surface area contributed by atoms with Gasteiger partial charge in [0.25, 0.3) is 0 Å². The third-order valence-corrected chi connectivity index (χ3v) is 4.10. The largest absolute Gasteiger partial charge is 0.399 e. The Hall–Kier alpha value is -0.720. The number of halogens is 2. The van der Waals surface area contributed by atoms with Gasteiger partial charge in [0.2, 0.25) is 5.78 Å². The van der Waals surface area contributed by atoms with Crippen LogP contribution in [0.15, 0.2) is 34.7 Å². The minimum atomic E-state index is 0. The molecule has 0 atom stereocenters. The number of nitrogens with zero attached hydrogens (tertiary/aromatic N) is 1. The maximum absolute atomic E-state index is 12.4. The van der Waals surface area contributed by atoms with Gasteiger partial charge in [0.05, 0.1) is 4.91 Å². The summed E-state index contributed by atoms with van der Waals surface area (Å²) in [6.07, 6.45) is 0.890. The predicted octanol–water partition coefficient (Wildman–Crippen LogP) is 3.06. The van der Waals surface area contributed by atoms with E-state index >= 15 is 0 Å². The van der Waals surface area contributed by atoms with Crippen molar-refractivity contribution in [2.24, 2.45) is 0 Å². The fraction of sp³-hybridized carbons (Fsp3) is 0.308. The molecule has 0 radical (unpaired) electrons. The summed E-state index contributed by atoms with van der Waals surface area (Å²) in [7, 11) is 1.86. The van der Waals surface area contributed by atoms with Gasteiger partial charge in [0, 0.05) is 17.8 Å². The van der Waals surface area contributed by atoms with Crippen molar-refractivity contribution in [2.45, 2.75) is 13.3 Å². The third kappa shape index (κ3) is 4.14. The zero-order valence-corrected chi connectivity index (χ0v) is 13.8. The number of nitrogen functional groups attached to an aromatic ring is 1. The zero-order valence-electron chi connectivity index (χ0n) is 11.4. The molecule has 0 aliphatic carbocycles. The van der Waals surface area contributed by atoms with Crippen LogP contribution < -0.4 is 11.2 Å². The van der Waals surface area contributed by atoms with E-state index in [0.717, 1.165) is 17.9 Å². The Kier molecular flexibility index (Phi) is 8.23. The lowest BCUT2D eigenvalue weighted by Gasteiger charge is -2.11. The van der Waals surface area contributed by atoms with Crippen LogP contribution in [0.5, 0.6) is 0 Å². The van der Waals surface area contributed by atoms with E-state index in [2.05, 4.69) is 12.3 Å². The fourth-order valence-electron chi connectivity index (χ4n) is 1.82. The van der Waals surface area contributed by atoms with Crippen LogP contribution in [0.25, 0.3) is 0 Å². The van der Waals surface area contributed by atoms with E-state index < -0.39 is 0 Å². The van der Waals surface area contributed by atoms with Crippen LogP contribution in [0, 0.1) is 0 Å². The number of hydrazine groups is 1. The molecule has 7 heteroatoms. The summed E-state index contributed by atoms with van der Waals surface area (Å²) >= 11 is 1.47. The Morgan fingerprint density at radius 2 is 1.95 bits per heavy atom. The topological polar surface area (TPSA) is 58.4 Å². The minimum absolute atomic E-state index is 0. The molecule has 0 unspecified atom stereocenters. The molecule has 1 aliphatic heterocycles. The van der Waals surface area contributed by atoms with E-state index in [-0.39, 0.29) is 30.6 Å². The highest BCUT2D eigenvalue weighted by molar-refractivity contribution is 8.02. The Morgan fingerprint density at radius 3 is 2.45 bits per heavy atom. The summed E-state index contributed by atoms with van der Waals surface area (Å²) in [5, 5.41) is 0. The van der Waals surface area contributed by atoms with E-state index in [4.69, 9.17) is 5.73 Å². The van der Waals surface area contributed by atoms with Gasteiger partial charge in [-0.15, -0.1) is 24.8 Å². The Labute approximate surface area is 136 Å². The van der Waals surface area contributed by atoms with Gasteiger partial charge in [-0.25, -0.2) is 5.43 Å². The molecule has 112 valence electrons. The molecule has 0 bridgehead atoms. The van der Waals surface area contributed by atoms with Gasteiger partial charge in [-0.1, -0.05) is 6.92 Å². The summed E-state index contributed by atoms with van der Waals surface area (Å²) < 4.78 is 1.96. The number of anilines is 1. The molecule has 0 aromatic heterocycles. The van der Waals surface area contributed by atoms with Crippen molar-refractivity contribution in [3.8, 4) is 0 Å². The summed E-state index contributed by atoms with van der Waals surface area (Å²) in [5.41, 5.74) is 11.2. The molecular formula is C13H19Cl2N3OS. The van der Waals surface area contributed by atoms with Crippen molar-refractivity contribution in [2.75, 3.05) is 19.3 Å². The van der Waals surface area contributed by atoms with Crippen molar-refractivity contribution in [3.63, 3.8) is 0 Å². The number of ketones is 1. The second-order valence-electron chi connectivity index (χ2n) is 4.09. The number of carbonyl (C=O) groups excluding carboxylic acids is 1. The second-order valence-corrected chi connectivity index (χ2v) is 5.12. The van der Waals surface area contributed by atoms with Gasteiger partial charge in [0.15, 0.2) is 0 Å². The SMILES string of the molecule is CCC1=C(C(=O)c2ccc(N)cc2)SN(NC)C1.Cl.Cl. The third-order valence-electron chi connectivity index (χ3n) is 2.91. The van der Waals surface area contributed by atoms with Crippen LogP contribution in [0.4, 0.5) is 5.69 Å². The molecule has 1 aliphatic rings. The molecule has 0 fully saturated rings. The number of benzene rings is 1. The number of nitrogens with two attached hydrogens (primary N) is 1. The van der Waals surface area contributed by atoms with Crippen molar-refractivity contribution < 1.29 is 4.79 Å². The quantitative estimate of drug-likeness (QED) is 0.503. The van der Waals surface area contributed by atoms with Gasteiger partial charge in [0.1, 0.15) is 0 Å². The zero-order chi connectivity index (χ0) is 13.1. The first-order valence-corrected chi connectivity index (χ1v) is 6.68. The fourth-order valence-corrected chi connectivity index (χ4v) is 2.89. The minimum Gasteiger partial charge on any atom is -0.399 e. The molecule has 20 heavy (non-hydrogen) atoms. The van der Waals surface area contributed by atoms with Crippen LogP contribution in [-0.2, 0) is 0 Å². The molecule has 4 nitrogen and oxygen atoms in total. The maximum Gasteiger partial charge on any atom is 0.200 e. The number of hydrogen-bond donors (Lipinski definition) is 2. The van der Waals surface area contributed by atoms with Crippen LogP contribution in [-0.4, -0.2) is 23.8 Å². The number of hydrogen-bond acceptors (Lipinski definition) is 5. The number of rotatable bonds is 4. The molecule has 3 N–H and O–H groups in total. The highest BCUT2D eigenvalue weighted by Crippen LogP contribution is 2.34. The van der Waals surface area contributed by atoms with E-state index in [1.165, 1.54) is 17.5 Å². The summed E-state index contributed by atoms with van der Waals surface area (Å²) in [6, 6.07) is 7.07. The van der Waals surface area contributed by atoms with Crippen LogP contribution >= 0.6 is 36.8 Å². The molecule has 1 aromatic carbocycles. The average molecular weight is 336 g/mol. The molecule has 0 amide bonds. The van der Waals surface area contributed by atoms with Crippen molar-refractivity contribution >= 4 is 48.2 Å². The van der Waals surface area contributed by atoms with Crippen LogP contribution in [0.2, 0.25) is 0 Å². The Morgan fingerprint density at radius 1 is 1.35 bits per heavy atom. The summed E-state index contributed by atoms with van der Waals surface area (Å²) in [4.78, 5) is 13.2. The highest BCUT2D eigenvalue weighted by Gasteiger charge is 2.26. The second kappa shape index (κ2) is 8.54. The van der Waals surface area contributed by atoms with Gasteiger partial charge >= 0.3 is 0 Å². The predicted molar refractivity (Wildman–Crippen MR) is 90.4 cm³/mol. The van der Waals surface area contributed by atoms with Crippen molar-refractivity contribution in [1.82, 2.24) is 9.84 Å². The Balaban J connectivity index is 0.00000180. The number of carbonyl (C=O) groups is 1.